The number of benzene rings is 12. The first-order valence-electron chi connectivity index (χ1n) is 26.8. The molecule has 4 nitrogen and oxygen atoms in total. The van der Waals surface area contributed by atoms with Gasteiger partial charge in [0, 0.05) is 63.6 Å². The monoisotopic (exact) mass is 1050 g/mol. The second-order valence-electron chi connectivity index (χ2n) is 20.4. The Morgan fingerprint density at radius 2 is 0.812 bits per heavy atom. The van der Waals surface area contributed by atoms with Gasteiger partial charge in [-0.25, -0.2) is 4.85 Å². The van der Waals surface area contributed by atoms with Gasteiger partial charge in [0.1, 0.15) is 6.07 Å². The molecule has 0 N–H and O–H groups in total. The van der Waals surface area contributed by atoms with E-state index < -0.39 is 0 Å². The third-order valence-electron chi connectivity index (χ3n) is 16.2. The van der Waals surface area contributed by atoms with Gasteiger partial charge in [-0.3, -0.25) is 0 Å². The molecule has 0 unspecified atom stereocenters. The maximum Gasteiger partial charge on any atom is 0.220 e. The fraction of sp³-hybridized carbons (Fsp3) is 0. The predicted octanol–water partition coefficient (Wildman–Crippen LogP) is 21.4. The number of aromatic nitrogens is 2. The van der Waals surface area contributed by atoms with Gasteiger partial charge in [-0.15, -0.1) is 22.7 Å². The van der Waals surface area contributed by atoms with Gasteiger partial charge in [-0.2, -0.15) is 5.26 Å². The van der Waals surface area contributed by atoms with Crippen LogP contribution in [0.5, 0.6) is 0 Å². The van der Waals surface area contributed by atoms with Gasteiger partial charge < -0.3 is 9.13 Å². The highest BCUT2D eigenvalue weighted by Gasteiger charge is 2.33. The molecule has 0 atom stereocenters. The first-order valence-corrected chi connectivity index (χ1v) is 28.4. The molecule has 6 heteroatoms. The molecule has 80 heavy (non-hydrogen) atoms. The molecule has 0 radical (unpaired) electrons. The molecule has 0 fully saturated rings. The molecule has 370 valence electrons. The van der Waals surface area contributed by atoms with Crippen molar-refractivity contribution < 1.29 is 0 Å². The summed E-state index contributed by atoms with van der Waals surface area (Å²) in [5, 5.41) is 21.5. The molecule has 0 saturated carbocycles. The minimum Gasteiger partial charge on any atom is -0.318 e. The number of para-hydroxylation sites is 1. The first-order chi connectivity index (χ1) is 39.7. The number of hydrogen-bond acceptors (Lipinski definition) is 3. The zero-order chi connectivity index (χ0) is 53.0. The summed E-state index contributed by atoms with van der Waals surface area (Å²) in [6.45, 7) is 9.53. The molecular formula is C74H42N4S2. The predicted molar refractivity (Wildman–Crippen MR) is 339 cm³/mol. The van der Waals surface area contributed by atoms with Gasteiger partial charge in [0.15, 0.2) is 0 Å². The minimum absolute atomic E-state index is 0.405. The van der Waals surface area contributed by atoms with Crippen LogP contribution in [0.2, 0.25) is 0 Å². The third kappa shape index (κ3) is 6.71. The van der Waals surface area contributed by atoms with E-state index in [0.29, 0.717) is 16.8 Å². The lowest BCUT2D eigenvalue weighted by molar-refractivity contribution is 1.14. The van der Waals surface area contributed by atoms with E-state index in [1.807, 2.05) is 46.9 Å². The second kappa shape index (κ2) is 18.1. The van der Waals surface area contributed by atoms with Crippen LogP contribution in [0.3, 0.4) is 0 Å². The normalized spacial score (nSPS) is 11.7. The van der Waals surface area contributed by atoms with Crippen LogP contribution in [0.25, 0.3) is 156 Å². The van der Waals surface area contributed by atoms with Crippen molar-refractivity contribution in [1.82, 2.24) is 9.13 Å². The lowest BCUT2D eigenvalue weighted by Gasteiger charge is -2.26. The van der Waals surface area contributed by atoms with E-state index in [0.717, 1.165) is 114 Å². The average molecular weight is 1050 g/mol. The zero-order valence-electron chi connectivity index (χ0n) is 42.9. The van der Waals surface area contributed by atoms with Crippen molar-refractivity contribution in [2.45, 2.75) is 0 Å². The Hall–Kier alpha value is -10.3. The van der Waals surface area contributed by atoms with Gasteiger partial charge in [-0.05, 0) is 68.8 Å². The summed E-state index contributed by atoms with van der Waals surface area (Å²) in [4.78, 5) is 4.65. The van der Waals surface area contributed by atoms with E-state index in [1.165, 1.54) is 31.3 Å². The smallest absolute Gasteiger partial charge is 0.220 e. The number of rotatable bonds is 7. The molecule has 12 aromatic carbocycles. The summed E-state index contributed by atoms with van der Waals surface area (Å²) in [5.74, 6) is 0. The van der Waals surface area contributed by atoms with Gasteiger partial charge in [0.2, 0.25) is 5.69 Å². The van der Waals surface area contributed by atoms with Crippen LogP contribution in [-0.4, -0.2) is 9.13 Å². The van der Waals surface area contributed by atoms with E-state index >= 15 is 0 Å². The molecule has 4 aromatic heterocycles. The Labute approximate surface area is 468 Å². The van der Waals surface area contributed by atoms with E-state index in [4.69, 9.17) is 0 Å². The topological polar surface area (TPSA) is 38.0 Å². The highest BCUT2D eigenvalue weighted by molar-refractivity contribution is 7.27. The fourth-order valence-electron chi connectivity index (χ4n) is 12.8. The summed E-state index contributed by atoms with van der Waals surface area (Å²) in [5.41, 5.74) is 16.2. The van der Waals surface area contributed by atoms with Crippen LogP contribution in [0.15, 0.2) is 255 Å². The van der Waals surface area contributed by atoms with Gasteiger partial charge in [-0.1, -0.05) is 231 Å². The highest BCUT2D eigenvalue weighted by Crippen LogP contribution is 2.55. The number of nitriles is 1. The van der Waals surface area contributed by atoms with Crippen molar-refractivity contribution in [3.8, 4) is 73.1 Å². The van der Waals surface area contributed by atoms with Crippen LogP contribution in [0.4, 0.5) is 5.69 Å². The van der Waals surface area contributed by atoms with Crippen molar-refractivity contribution in [3.05, 3.63) is 272 Å². The van der Waals surface area contributed by atoms with Gasteiger partial charge >= 0.3 is 0 Å². The van der Waals surface area contributed by atoms with Crippen molar-refractivity contribution in [3.63, 3.8) is 0 Å². The van der Waals surface area contributed by atoms with Gasteiger partial charge in [0.05, 0.1) is 55.0 Å². The van der Waals surface area contributed by atoms with E-state index in [1.54, 1.807) is 0 Å². The van der Waals surface area contributed by atoms with Crippen molar-refractivity contribution in [2.24, 2.45) is 0 Å². The first kappa shape index (κ1) is 45.8. The van der Waals surface area contributed by atoms with E-state index in [9.17, 15) is 11.8 Å². The summed E-state index contributed by atoms with van der Waals surface area (Å²) in [6, 6.07) is 93.3. The molecule has 16 rings (SSSR count). The molecule has 0 amide bonds. The Bertz CT molecular complexity index is 5120. The molecule has 16 aromatic rings. The standard InChI is InChI=1S/C74H42N4S2/c1-76-68-64(48-27-13-5-14-28-48)59(44-75)69(65(49-29-15-6-16-30-49)72(68)77-60-34-18-17-31-53(60)54-38-37-50(43-61(54)77)45-21-7-2-8-22-45)78-70-55(39-41-57-66-51(46-23-9-3-10-24-46)32-19-35-62(66)79-73(57)70)56-40-42-58-67-52(47-25-11-4-12-26-47)33-20-36-63(67)80-74(58)71(56)78/h2-43H. The average Bonchev–Trinajstić information content (AvgIpc) is 4.30. The summed E-state index contributed by atoms with van der Waals surface area (Å²) < 4.78 is 9.42. The van der Waals surface area contributed by atoms with Crippen LogP contribution >= 0.6 is 22.7 Å². The van der Waals surface area contributed by atoms with Crippen LogP contribution < -0.4 is 0 Å². The molecular weight excluding hydrogens is 1010 g/mol. The quantitative estimate of drug-likeness (QED) is 0.147. The highest BCUT2D eigenvalue weighted by atomic mass is 32.1. The Balaban J connectivity index is 1.18. The largest absolute Gasteiger partial charge is 0.318 e. The van der Waals surface area contributed by atoms with Crippen LogP contribution in [0, 0.1) is 17.9 Å². The molecule has 0 saturated heterocycles. The second-order valence-corrected chi connectivity index (χ2v) is 22.5. The Morgan fingerprint density at radius 3 is 1.34 bits per heavy atom. The van der Waals surface area contributed by atoms with Crippen LogP contribution in [0.1, 0.15) is 5.56 Å². The third-order valence-corrected chi connectivity index (χ3v) is 18.5. The molecule has 0 spiro atoms. The van der Waals surface area contributed by atoms with Crippen LogP contribution in [-0.2, 0) is 0 Å². The number of thiophene rings is 2. The van der Waals surface area contributed by atoms with Gasteiger partial charge in [0.25, 0.3) is 0 Å². The lowest BCUT2D eigenvalue weighted by Crippen LogP contribution is -2.09. The molecule has 0 aliphatic rings. The molecule has 0 aliphatic carbocycles. The minimum atomic E-state index is 0.405. The van der Waals surface area contributed by atoms with Crippen molar-refractivity contribution in [1.29, 1.82) is 5.26 Å². The molecule has 4 heterocycles. The molecule has 0 bridgehead atoms. The SMILES string of the molecule is [C-]#[N+]c1c(-c2ccccc2)c(C#N)c(-n2c3c(ccc4c3sc3cccc(-c5ccccc5)c34)c3ccc4c(sc5cccc(-c6ccccc6)c54)c32)c(-c2ccccc2)c1-n1c2ccccc2c2ccc(-c3ccccc3)cc21. The van der Waals surface area contributed by atoms with Crippen molar-refractivity contribution >= 4 is 112 Å². The summed E-state index contributed by atoms with van der Waals surface area (Å²) in [7, 11) is 0. The van der Waals surface area contributed by atoms with E-state index in [2.05, 4.69) is 251 Å². The lowest BCUT2D eigenvalue weighted by atomic mass is 9.88. The number of fused-ring (bicyclic) bond motifs is 14. The summed E-state index contributed by atoms with van der Waals surface area (Å²) >= 11 is 3.62. The zero-order valence-corrected chi connectivity index (χ0v) is 44.5. The Kier molecular flexibility index (Phi) is 10.4. The maximum atomic E-state index is 12.4. The number of nitrogens with zero attached hydrogens (tertiary/aromatic N) is 4. The fourth-order valence-corrected chi connectivity index (χ4v) is 15.4. The molecule has 0 aliphatic heterocycles. The Morgan fingerprint density at radius 1 is 0.362 bits per heavy atom. The maximum absolute atomic E-state index is 12.4. The van der Waals surface area contributed by atoms with E-state index in [-0.39, 0.29) is 0 Å². The van der Waals surface area contributed by atoms with Crippen molar-refractivity contribution in [2.75, 3.05) is 0 Å². The summed E-state index contributed by atoms with van der Waals surface area (Å²) in [6.07, 6.45) is 0. The number of hydrogen-bond donors (Lipinski definition) is 0.